The molecule has 1 aliphatic heterocycles. The van der Waals surface area contributed by atoms with Crippen molar-refractivity contribution in [2.45, 2.75) is 12.5 Å². The second-order valence-electron chi connectivity index (χ2n) is 4.92. The normalized spacial score (nSPS) is 17.7. The van der Waals surface area contributed by atoms with Crippen LogP contribution in [0.25, 0.3) is 11.3 Å². The van der Waals surface area contributed by atoms with Crippen molar-refractivity contribution in [3.63, 3.8) is 0 Å². The van der Waals surface area contributed by atoms with E-state index in [1.54, 1.807) is 24.3 Å². The van der Waals surface area contributed by atoms with Gasteiger partial charge in [0, 0.05) is 17.7 Å². The number of imide groups is 1. The number of hydrogen-bond donors (Lipinski definition) is 1. The molecule has 2 aromatic rings. The first-order valence-electron chi connectivity index (χ1n) is 6.74. The maximum absolute atomic E-state index is 11.4. The van der Waals surface area contributed by atoms with E-state index in [9.17, 15) is 19.7 Å². The molecule has 23 heavy (non-hydrogen) atoms. The number of furan rings is 1. The Hall–Kier alpha value is -3.29. The van der Waals surface area contributed by atoms with Crippen molar-refractivity contribution in [2.24, 2.45) is 4.99 Å². The number of non-ortho nitro benzene ring substituents is 1. The van der Waals surface area contributed by atoms with E-state index >= 15 is 0 Å². The second kappa shape index (κ2) is 5.84. The number of rotatable bonds is 4. The molecular weight excluding hydrogens is 302 g/mol. The third kappa shape index (κ3) is 3.15. The van der Waals surface area contributed by atoms with Crippen LogP contribution in [-0.4, -0.2) is 29.0 Å². The van der Waals surface area contributed by atoms with Gasteiger partial charge in [0.25, 0.3) is 11.6 Å². The average Bonchev–Trinajstić information content (AvgIpc) is 3.11. The molecule has 8 nitrogen and oxygen atoms in total. The fraction of sp³-hybridized carbons (Fsp3) is 0.133. The van der Waals surface area contributed by atoms with E-state index < -0.39 is 16.9 Å². The van der Waals surface area contributed by atoms with Gasteiger partial charge in [0.05, 0.1) is 17.6 Å². The number of nitrogens with one attached hydrogen (secondary N) is 1. The Kier molecular flexibility index (Phi) is 3.71. The van der Waals surface area contributed by atoms with Crippen molar-refractivity contribution in [2.75, 3.05) is 0 Å². The lowest BCUT2D eigenvalue weighted by molar-refractivity contribution is -0.384. The van der Waals surface area contributed by atoms with Crippen LogP contribution in [-0.2, 0) is 9.59 Å². The van der Waals surface area contributed by atoms with E-state index in [2.05, 4.69) is 10.3 Å². The van der Waals surface area contributed by atoms with Gasteiger partial charge < -0.3 is 4.42 Å². The molecule has 0 bridgehead atoms. The number of benzene rings is 1. The molecule has 3 rings (SSSR count). The fourth-order valence-electron chi connectivity index (χ4n) is 2.15. The Bertz CT molecular complexity index is 807. The van der Waals surface area contributed by atoms with E-state index in [4.69, 9.17) is 4.42 Å². The summed E-state index contributed by atoms with van der Waals surface area (Å²) in [5.74, 6) is 0.176. The van der Waals surface area contributed by atoms with E-state index in [1.807, 2.05) is 0 Å². The van der Waals surface area contributed by atoms with Gasteiger partial charge in [-0.15, -0.1) is 0 Å². The van der Waals surface area contributed by atoms with Gasteiger partial charge in [0.1, 0.15) is 17.6 Å². The van der Waals surface area contributed by atoms with Crippen molar-refractivity contribution in [3.05, 3.63) is 52.3 Å². The van der Waals surface area contributed by atoms with E-state index in [0.29, 0.717) is 17.1 Å². The maximum Gasteiger partial charge on any atom is 0.269 e. The van der Waals surface area contributed by atoms with Crippen LogP contribution in [0.2, 0.25) is 0 Å². The number of carbonyl (C=O) groups is 2. The minimum atomic E-state index is -0.726. The second-order valence-corrected chi connectivity index (χ2v) is 4.92. The highest BCUT2D eigenvalue weighted by Crippen LogP contribution is 2.24. The van der Waals surface area contributed by atoms with Crippen molar-refractivity contribution in [1.82, 2.24) is 5.32 Å². The zero-order valence-corrected chi connectivity index (χ0v) is 11.8. The molecule has 1 fully saturated rings. The Morgan fingerprint density at radius 3 is 2.57 bits per heavy atom. The number of amides is 2. The summed E-state index contributed by atoms with van der Waals surface area (Å²) < 4.78 is 5.56. The number of carbonyl (C=O) groups excluding carboxylic acids is 2. The smallest absolute Gasteiger partial charge is 0.269 e. The van der Waals surface area contributed by atoms with Gasteiger partial charge in [-0.2, -0.15) is 0 Å². The first-order chi connectivity index (χ1) is 11.0. The van der Waals surface area contributed by atoms with Gasteiger partial charge >= 0.3 is 0 Å². The van der Waals surface area contributed by atoms with E-state index in [0.717, 1.165) is 0 Å². The molecular formula is C15H11N3O5. The highest BCUT2D eigenvalue weighted by Gasteiger charge is 2.29. The largest absolute Gasteiger partial charge is 0.455 e. The fourth-order valence-corrected chi connectivity index (χ4v) is 2.15. The summed E-state index contributed by atoms with van der Waals surface area (Å²) in [6.07, 6.45) is 1.42. The molecule has 116 valence electrons. The molecule has 1 N–H and O–H groups in total. The Morgan fingerprint density at radius 2 is 1.96 bits per heavy atom. The van der Waals surface area contributed by atoms with Crippen molar-refractivity contribution in [1.29, 1.82) is 0 Å². The van der Waals surface area contributed by atoms with Crippen LogP contribution in [0.15, 0.2) is 45.8 Å². The standard InChI is InChI=1S/C15H11N3O5/c19-14-7-12(15(20)17-14)16-8-11-5-6-13(23-11)9-1-3-10(4-2-9)18(21)22/h1-6,8,12H,7H2,(H,17,19,20). The molecule has 1 aliphatic rings. The summed E-state index contributed by atoms with van der Waals surface area (Å²) in [6.45, 7) is 0. The van der Waals surface area contributed by atoms with Crippen molar-refractivity contribution >= 4 is 23.7 Å². The first-order valence-corrected chi connectivity index (χ1v) is 6.74. The number of nitro benzene ring substituents is 1. The molecule has 1 atom stereocenters. The number of hydrogen-bond acceptors (Lipinski definition) is 6. The monoisotopic (exact) mass is 313 g/mol. The van der Waals surface area contributed by atoms with Crippen LogP contribution in [0, 0.1) is 10.1 Å². The SMILES string of the molecule is O=C1CC(N=Cc2ccc(-c3ccc([N+](=O)[O-])cc3)o2)C(=O)N1. The predicted octanol–water partition coefficient (Wildman–Crippen LogP) is 1.69. The van der Waals surface area contributed by atoms with Gasteiger partial charge in [-0.1, -0.05) is 0 Å². The van der Waals surface area contributed by atoms with E-state index in [-0.39, 0.29) is 18.0 Å². The zero-order valence-electron chi connectivity index (χ0n) is 11.8. The van der Waals surface area contributed by atoms with Crippen LogP contribution in [0.5, 0.6) is 0 Å². The summed E-state index contributed by atoms with van der Waals surface area (Å²) in [6, 6.07) is 8.58. The zero-order chi connectivity index (χ0) is 16.4. The Labute approximate surface area is 130 Å². The van der Waals surface area contributed by atoms with Crippen molar-refractivity contribution in [3.8, 4) is 11.3 Å². The topological polar surface area (TPSA) is 115 Å². The third-order valence-electron chi connectivity index (χ3n) is 3.32. The summed E-state index contributed by atoms with van der Waals surface area (Å²) in [5.41, 5.74) is 0.683. The van der Waals surface area contributed by atoms with E-state index in [1.165, 1.54) is 18.3 Å². The van der Waals surface area contributed by atoms with Gasteiger partial charge in [-0.3, -0.25) is 30.0 Å². The minimum Gasteiger partial charge on any atom is -0.455 e. The van der Waals surface area contributed by atoms with Gasteiger partial charge in [-0.05, 0) is 24.3 Å². The van der Waals surface area contributed by atoms with Crippen LogP contribution < -0.4 is 5.32 Å². The summed E-state index contributed by atoms with van der Waals surface area (Å²) in [7, 11) is 0. The molecule has 0 spiro atoms. The van der Waals surface area contributed by atoms with Crippen LogP contribution in [0.3, 0.4) is 0 Å². The summed E-state index contributed by atoms with van der Waals surface area (Å²) >= 11 is 0. The highest BCUT2D eigenvalue weighted by molar-refractivity contribution is 6.06. The number of nitrogens with zero attached hydrogens (tertiary/aromatic N) is 2. The van der Waals surface area contributed by atoms with Gasteiger partial charge in [0.2, 0.25) is 5.91 Å². The molecule has 2 amide bonds. The van der Waals surface area contributed by atoms with Gasteiger partial charge in [-0.25, -0.2) is 0 Å². The third-order valence-corrected chi connectivity index (χ3v) is 3.32. The lowest BCUT2D eigenvalue weighted by Gasteiger charge is -1.97. The summed E-state index contributed by atoms with van der Waals surface area (Å²) in [5, 5.41) is 12.8. The Morgan fingerprint density at radius 1 is 1.22 bits per heavy atom. The van der Waals surface area contributed by atoms with Crippen molar-refractivity contribution < 1.29 is 18.9 Å². The molecule has 1 aromatic heterocycles. The predicted molar refractivity (Wildman–Crippen MR) is 79.9 cm³/mol. The molecule has 1 saturated heterocycles. The Balaban J connectivity index is 1.74. The molecule has 0 aliphatic carbocycles. The molecule has 2 heterocycles. The van der Waals surface area contributed by atoms with Gasteiger partial charge in [0.15, 0.2) is 0 Å². The average molecular weight is 313 g/mol. The summed E-state index contributed by atoms with van der Waals surface area (Å²) in [4.78, 5) is 36.6. The first kappa shape index (κ1) is 14.6. The molecule has 0 saturated carbocycles. The van der Waals surface area contributed by atoms with Crippen LogP contribution in [0.4, 0.5) is 5.69 Å². The molecule has 0 radical (unpaired) electrons. The number of aliphatic imine (C=N–C) groups is 1. The molecule has 1 aromatic carbocycles. The quantitative estimate of drug-likeness (QED) is 0.399. The lowest BCUT2D eigenvalue weighted by Crippen LogP contribution is -2.23. The molecule has 8 heteroatoms. The highest BCUT2D eigenvalue weighted by atomic mass is 16.6. The minimum absolute atomic E-state index is 0.000921. The maximum atomic E-state index is 11.4. The van der Waals surface area contributed by atoms with Crippen LogP contribution in [0.1, 0.15) is 12.2 Å². The lowest BCUT2D eigenvalue weighted by atomic mass is 10.1. The van der Waals surface area contributed by atoms with Crippen LogP contribution >= 0.6 is 0 Å². The number of nitro groups is 1. The molecule has 1 unspecified atom stereocenters.